The Balaban J connectivity index is 1.76. The maximum absolute atomic E-state index is 12.7. The van der Waals surface area contributed by atoms with Crippen LogP contribution in [0, 0.1) is 6.92 Å². The number of alkyl halides is 3. The first-order valence-corrected chi connectivity index (χ1v) is 7.83. The highest BCUT2D eigenvalue weighted by Gasteiger charge is 2.30. The third-order valence-corrected chi connectivity index (χ3v) is 4.03. The van der Waals surface area contributed by atoms with Gasteiger partial charge in [-0.2, -0.15) is 13.2 Å². The predicted octanol–water partition coefficient (Wildman–Crippen LogP) is 3.99. The lowest BCUT2D eigenvalue weighted by atomic mass is 10.1. The molecule has 0 saturated carbocycles. The molecule has 0 aliphatic rings. The summed E-state index contributed by atoms with van der Waals surface area (Å²) in [6, 6.07) is 11.7. The first-order chi connectivity index (χ1) is 12.3. The Kier molecular flexibility index (Phi) is 4.54. The lowest BCUT2D eigenvalue weighted by Gasteiger charge is -2.09. The Morgan fingerprint density at radius 2 is 1.81 bits per heavy atom. The standard InChI is InChI=1S/C19H15F3N2O2/c1-11-16(14-7-2-3-8-15(14)24-11)17(25)18(26)23-10-12-5-4-6-13(9-12)19(20,21)22/h2-9,24H,10H2,1H3,(H,23,26). The Bertz CT molecular complexity index is 990. The number of carbonyl (C=O) groups excluding carboxylic acids is 2. The van der Waals surface area contributed by atoms with Crippen molar-refractivity contribution in [2.75, 3.05) is 0 Å². The Morgan fingerprint density at radius 3 is 2.54 bits per heavy atom. The topological polar surface area (TPSA) is 62.0 Å². The van der Waals surface area contributed by atoms with E-state index in [0.717, 1.165) is 17.6 Å². The maximum atomic E-state index is 12.7. The monoisotopic (exact) mass is 360 g/mol. The molecule has 1 amide bonds. The van der Waals surface area contributed by atoms with E-state index >= 15 is 0 Å². The maximum Gasteiger partial charge on any atom is 0.416 e. The number of aryl methyl sites for hydroxylation is 1. The quantitative estimate of drug-likeness (QED) is 0.546. The van der Waals surface area contributed by atoms with Crippen LogP contribution in [-0.2, 0) is 17.5 Å². The summed E-state index contributed by atoms with van der Waals surface area (Å²) in [5.41, 5.74) is 1.02. The molecule has 0 spiro atoms. The summed E-state index contributed by atoms with van der Waals surface area (Å²) in [5.74, 6) is -1.60. The molecule has 3 aromatic rings. The summed E-state index contributed by atoms with van der Waals surface area (Å²) in [5, 5.41) is 3.02. The normalized spacial score (nSPS) is 11.5. The van der Waals surface area contributed by atoms with Crippen molar-refractivity contribution in [3.63, 3.8) is 0 Å². The van der Waals surface area contributed by atoms with E-state index < -0.39 is 23.4 Å². The number of aromatic nitrogens is 1. The Labute approximate surface area is 147 Å². The number of ketones is 1. The molecule has 0 unspecified atom stereocenters. The van der Waals surface area contributed by atoms with Crippen LogP contribution >= 0.6 is 0 Å². The van der Waals surface area contributed by atoms with Crippen molar-refractivity contribution in [1.29, 1.82) is 0 Å². The SMILES string of the molecule is Cc1[nH]c2ccccc2c1C(=O)C(=O)NCc1cccc(C(F)(F)F)c1. The molecule has 0 radical (unpaired) electrons. The summed E-state index contributed by atoms with van der Waals surface area (Å²) < 4.78 is 38.2. The van der Waals surface area contributed by atoms with Crippen LogP contribution in [0.2, 0.25) is 0 Å². The van der Waals surface area contributed by atoms with E-state index in [0.29, 0.717) is 11.1 Å². The highest BCUT2D eigenvalue weighted by molar-refractivity contribution is 6.45. The third kappa shape index (κ3) is 3.46. The van der Waals surface area contributed by atoms with Gasteiger partial charge in [0.2, 0.25) is 0 Å². The van der Waals surface area contributed by atoms with Gasteiger partial charge in [0.15, 0.2) is 0 Å². The predicted molar refractivity (Wildman–Crippen MR) is 90.7 cm³/mol. The second-order valence-corrected chi connectivity index (χ2v) is 5.88. The smallest absolute Gasteiger partial charge is 0.358 e. The van der Waals surface area contributed by atoms with Crippen LogP contribution in [0.1, 0.15) is 27.2 Å². The van der Waals surface area contributed by atoms with Crippen molar-refractivity contribution in [2.45, 2.75) is 19.6 Å². The molecule has 1 heterocycles. The highest BCUT2D eigenvalue weighted by Crippen LogP contribution is 2.29. The van der Waals surface area contributed by atoms with E-state index in [1.807, 2.05) is 0 Å². The van der Waals surface area contributed by atoms with Crippen LogP contribution in [0.5, 0.6) is 0 Å². The molecule has 26 heavy (non-hydrogen) atoms. The van der Waals surface area contributed by atoms with Gasteiger partial charge in [0.05, 0.1) is 11.1 Å². The fourth-order valence-corrected chi connectivity index (χ4v) is 2.80. The number of amides is 1. The highest BCUT2D eigenvalue weighted by atomic mass is 19.4. The average molecular weight is 360 g/mol. The van der Waals surface area contributed by atoms with Gasteiger partial charge in [0.1, 0.15) is 0 Å². The lowest BCUT2D eigenvalue weighted by molar-refractivity contribution is -0.137. The van der Waals surface area contributed by atoms with Gasteiger partial charge in [-0.05, 0) is 30.7 Å². The molecule has 0 atom stereocenters. The van der Waals surface area contributed by atoms with Crippen molar-refractivity contribution in [3.8, 4) is 0 Å². The second-order valence-electron chi connectivity index (χ2n) is 5.88. The summed E-state index contributed by atoms with van der Waals surface area (Å²) in [6.45, 7) is 1.52. The number of H-pyrrole nitrogens is 1. The number of Topliss-reactive ketones (excluding diaryl/α,β-unsaturated/α-hetero) is 1. The summed E-state index contributed by atoms with van der Waals surface area (Å²) in [4.78, 5) is 27.7. The first-order valence-electron chi connectivity index (χ1n) is 7.83. The number of nitrogens with one attached hydrogen (secondary N) is 2. The molecule has 3 rings (SSSR count). The molecule has 0 fully saturated rings. The molecule has 2 N–H and O–H groups in total. The summed E-state index contributed by atoms with van der Waals surface area (Å²) in [7, 11) is 0. The van der Waals surface area contributed by atoms with Crippen molar-refractivity contribution in [1.82, 2.24) is 10.3 Å². The number of para-hydroxylation sites is 1. The molecule has 0 saturated heterocycles. The minimum absolute atomic E-state index is 0.171. The number of carbonyl (C=O) groups is 2. The van der Waals surface area contributed by atoms with Gasteiger partial charge in [-0.1, -0.05) is 30.3 Å². The molecule has 0 aliphatic heterocycles. The van der Waals surface area contributed by atoms with Crippen LogP contribution in [0.15, 0.2) is 48.5 Å². The van der Waals surface area contributed by atoms with E-state index in [1.165, 1.54) is 12.1 Å². The molecular weight excluding hydrogens is 345 g/mol. The number of rotatable bonds is 4. The molecule has 7 heteroatoms. The number of halogens is 3. The van der Waals surface area contributed by atoms with Crippen LogP contribution in [0.4, 0.5) is 13.2 Å². The molecule has 1 aromatic heterocycles. The zero-order valence-corrected chi connectivity index (χ0v) is 13.8. The van der Waals surface area contributed by atoms with Crippen molar-refractivity contribution < 1.29 is 22.8 Å². The van der Waals surface area contributed by atoms with Gasteiger partial charge in [-0.15, -0.1) is 0 Å². The van der Waals surface area contributed by atoms with Crippen molar-refractivity contribution in [3.05, 3.63) is 70.9 Å². The lowest BCUT2D eigenvalue weighted by Crippen LogP contribution is -2.31. The molecular formula is C19H15F3N2O2. The zero-order valence-electron chi connectivity index (χ0n) is 13.8. The van der Waals surface area contributed by atoms with Gasteiger partial charge >= 0.3 is 6.18 Å². The fourth-order valence-electron chi connectivity index (χ4n) is 2.80. The first kappa shape index (κ1) is 17.7. The summed E-state index contributed by atoms with van der Waals surface area (Å²) in [6.07, 6.45) is -4.46. The van der Waals surface area contributed by atoms with Crippen molar-refractivity contribution in [2.24, 2.45) is 0 Å². The molecule has 134 valence electrons. The number of hydrogen-bond donors (Lipinski definition) is 2. The van der Waals surface area contributed by atoms with Gasteiger partial charge in [0, 0.05) is 23.1 Å². The van der Waals surface area contributed by atoms with Gasteiger partial charge in [-0.25, -0.2) is 0 Å². The van der Waals surface area contributed by atoms with Crippen LogP contribution in [-0.4, -0.2) is 16.7 Å². The fraction of sp³-hybridized carbons (Fsp3) is 0.158. The minimum atomic E-state index is -4.46. The molecule has 0 bridgehead atoms. The van der Waals surface area contributed by atoms with Crippen LogP contribution in [0.25, 0.3) is 10.9 Å². The van der Waals surface area contributed by atoms with Gasteiger partial charge in [-0.3, -0.25) is 9.59 Å². The Hall–Kier alpha value is -3.09. The number of benzene rings is 2. The molecule has 2 aromatic carbocycles. The minimum Gasteiger partial charge on any atom is -0.358 e. The third-order valence-electron chi connectivity index (χ3n) is 4.03. The van der Waals surface area contributed by atoms with Crippen LogP contribution < -0.4 is 5.32 Å². The number of fused-ring (bicyclic) bond motifs is 1. The van der Waals surface area contributed by atoms with E-state index in [9.17, 15) is 22.8 Å². The van der Waals surface area contributed by atoms with E-state index in [4.69, 9.17) is 0 Å². The summed E-state index contributed by atoms with van der Waals surface area (Å²) >= 11 is 0. The van der Waals surface area contributed by atoms with Gasteiger partial charge < -0.3 is 10.3 Å². The van der Waals surface area contributed by atoms with Gasteiger partial charge in [0.25, 0.3) is 11.7 Å². The molecule has 0 aliphatic carbocycles. The van der Waals surface area contributed by atoms with Crippen LogP contribution in [0.3, 0.4) is 0 Å². The molecule has 4 nitrogen and oxygen atoms in total. The van der Waals surface area contributed by atoms with E-state index in [2.05, 4.69) is 10.3 Å². The van der Waals surface area contributed by atoms with E-state index in [-0.39, 0.29) is 17.7 Å². The second kappa shape index (κ2) is 6.67. The largest absolute Gasteiger partial charge is 0.416 e. The van der Waals surface area contributed by atoms with Crippen molar-refractivity contribution >= 4 is 22.6 Å². The zero-order chi connectivity index (χ0) is 18.9. The number of hydrogen-bond acceptors (Lipinski definition) is 2. The van der Waals surface area contributed by atoms with E-state index in [1.54, 1.807) is 31.2 Å². The number of aromatic amines is 1. The Morgan fingerprint density at radius 1 is 1.08 bits per heavy atom. The average Bonchev–Trinajstić information content (AvgIpc) is 2.94.